The van der Waals surface area contributed by atoms with Crippen LogP contribution >= 0.6 is 0 Å². The van der Waals surface area contributed by atoms with Gasteiger partial charge in [-0.3, -0.25) is 4.98 Å². The van der Waals surface area contributed by atoms with Gasteiger partial charge in [-0.2, -0.15) is 0 Å². The van der Waals surface area contributed by atoms with E-state index in [-0.39, 0.29) is 10.8 Å². The molecular weight excluding hydrogens is 254 g/mol. The van der Waals surface area contributed by atoms with Crippen molar-refractivity contribution in [1.29, 1.82) is 0 Å². The molecule has 2 aromatic rings. The summed E-state index contributed by atoms with van der Waals surface area (Å²) in [5.41, 5.74) is 6.07. The zero-order chi connectivity index (χ0) is 15.4. The number of hydrogen-bond acceptors (Lipinski definition) is 1. The first-order valence-corrected chi connectivity index (χ1v) is 8.13. The van der Waals surface area contributed by atoms with E-state index >= 15 is 0 Å². The predicted octanol–water partition coefficient (Wildman–Crippen LogP) is 5.32. The standard InChI is InChI=1S/C20H27N/c1-19(2,3)17-10-13-8-7-9-14(13)15-11-18(20(4,5)6)21-12-16(15)17/h10-12H,7-9H2,1-6H3. The number of benzene rings is 1. The molecule has 0 N–H and O–H groups in total. The monoisotopic (exact) mass is 281 g/mol. The van der Waals surface area contributed by atoms with Gasteiger partial charge in [0.1, 0.15) is 0 Å². The maximum atomic E-state index is 4.78. The Morgan fingerprint density at radius 2 is 1.57 bits per heavy atom. The fraction of sp³-hybridized carbons (Fsp3) is 0.550. The van der Waals surface area contributed by atoms with Crippen molar-refractivity contribution < 1.29 is 0 Å². The summed E-state index contributed by atoms with van der Waals surface area (Å²) in [7, 11) is 0. The summed E-state index contributed by atoms with van der Waals surface area (Å²) >= 11 is 0. The largest absolute Gasteiger partial charge is 0.260 e. The quantitative estimate of drug-likeness (QED) is 0.637. The Morgan fingerprint density at radius 3 is 2.19 bits per heavy atom. The van der Waals surface area contributed by atoms with Gasteiger partial charge in [0.25, 0.3) is 0 Å². The summed E-state index contributed by atoms with van der Waals surface area (Å²) in [6.07, 6.45) is 5.88. The molecule has 0 spiro atoms. The van der Waals surface area contributed by atoms with Gasteiger partial charge in [0.2, 0.25) is 0 Å². The summed E-state index contributed by atoms with van der Waals surface area (Å²) in [5.74, 6) is 0. The Labute approximate surface area is 128 Å². The molecule has 0 unspecified atom stereocenters. The molecule has 0 atom stereocenters. The number of hydrogen-bond donors (Lipinski definition) is 0. The predicted molar refractivity (Wildman–Crippen MR) is 91.2 cm³/mol. The lowest BCUT2D eigenvalue weighted by atomic mass is 9.81. The topological polar surface area (TPSA) is 12.9 Å². The van der Waals surface area contributed by atoms with Crippen LogP contribution in [-0.2, 0) is 23.7 Å². The average molecular weight is 281 g/mol. The zero-order valence-corrected chi connectivity index (χ0v) is 14.3. The molecule has 0 amide bonds. The molecule has 0 aliphatic heterocycles. The molecule has 0 bridgehead atoms. The first-order valence-electron chi connectivity index (χ1n) is 8.13. The van der Waals surface area contributed by atoms with Gasteiger partial charge in [-0.1, -0.05) is 47.6 Å². The Balaban J connectivity index is 2.36. The van der Waals surface area contributed by atoms with Crippen molar-refractivity contribution in [2.45, 2.75) is 71.6 Å². The molecule has 1 aliphatic carbocycles. The molecular formula is C20H27N. The Bertz CT molecular complexity index is 696. The lowest BCUT2D eigenvalue weighted by Gasteiger charge is -2.25. The minimum atomic E-state index is 0.109. The molecule has 1 aliphatic rings. The first kappa shape index (κ1) is 14.6. The van der Waals surface area contributed by atoms with Gasteiger partial charge >= 0.3 is 0 Å². The minimum absolute atomic E-state index is 0.109. The first-order chi connectivity index (χ1) is 9.68. The second-order valence-corrected chi connectivity index (χ2v) is 8.53. The third kappa shape index (κ3) is 2.47. The maximum absolute atomic E-state index is 4.78. The second kappa shape index (κ2) is 4.56. The molecule has 0 fully saturated rings. The van der Waals surface area contributed by atoms with E-state index in [1.54, 1.807) is 11.1 Å². The highest BCUT2D eigenvalue weighted by atomic mass is 14.7. The van der Waals surface area contributed by atoms with E-state index in [0.29, 0.717) is 0 Å². The molecule has 3 rings (SSSR count). The van der Waals surface area contributed by atoms with Gasteiger partial charge in [-0.25, -0.2) is 0 Å². The minimum Gasteiger partial charge on any atom is -0.260 e. The highest BCUT2D eigenvalue weighted by molar-refractivity contribution is 5.91. The third-order valence-corrected chi connectivity index (χ3v) is 4.67. The average Bonchev–Trinajstić information content (AvgIpc) is 2.83. The van der Waals surface area contributed by atoms with Gasteiger partial charge in [0.05, 0.1) is 0 Å². The molecule has 112 valence electrons. The van der Waals surface area contributed by atoms with Gasteiger partial charge in [0.15, 0.2) is 0 Å². The van der Waals surface area contributed by atoms with Crippen LogP contribution in [0.5, 0.6) is 0 Å². The molecule has 0 saturated heterocycles. The van der Waals surface area contributed by atoms with Gasteiger partial charge in [-0.15, -0.1) is 0 Å². The van der Waals surface area contributed by atoms with Crippen molar-refractivity contribution in [1.82, 2.24) is 4.98 Å². The van der Waals surface area contributed by atoms with Crippen LogP contribution in [0.3, 0.4) is 0 Å². The maximum Gasteiger partial charge on any atom is 0.0463 e. The van der Waals surface area contributed by atoms with Crippen LogP contribution < -0.4 is 0 Å². The van der Waals surface area contributed by atoms with E-state index in [9.17, 15) is 0 Å². The van der Waals surface area contributed by atoms with Crippen molar-refractivity contribution in [2.75, 3.05) is 0 Å². The summed E-state index contributed by atoms with van der Waals surface area (Å²) < 4.78 is 0. The fourth-order valence-electron chi connectivity index (χ4n) is 3.44. The van der Waals surface area contributed by atoms with E-state index in [0.717, 1.165) is 0 Å². The van der Waals surface area contributed by atoms with Crippen molar-refractivity contribution in [3.05, 3.63) is 40.7 Å². The summed E-state index contributed by atoms with van der Waals surface area (Å²) in [5, 5.41) is 2.81. The van der Waals surface area contributed by atoms with E-state index < -0.39 is 0 Å². The van der Waals surface area contributed by atoms with Crippen molar-refractivity contribution in [3.8, 4) is 0 Å². The van der Waals surface area contributed by atoms with E-state index in [4.69, 9.17) is 4.98 Å². The van der Waals surface area contributed by atoms with E-state index in [1.165, 1.54) is 41.3 Å². The molecule has 1 aromatic heterocycles. The van der Waals surface area contributed by atoms with Crippen molar-refractivity contribution >= 4 is 10.8 Å². The smallest absolute Gasteiger partial charge is 0.0463 e. The van der Waals surface area contributed by atoms with Crippen molar-refractivity contribution in [3.63, 3.8) is 0 Å². The van der Waals surface area contributed by atoms with Crippen LogP contribution in [0.2, 0.25) is 0 Å². The Kier molecular flexibility index (Phi) is 3.16. The molecule has 1 heteroatoms. The number of aryl methyl sites for hydroxylation is 2. The summed E-state index contributed by atoms with van der Waals surface area (Å²) in [6, 6.07) is 4.80. The number of rotatable bonds is 0. The number of pyridine rings is 1. The van der Waals surface area contributed by atoms with Crippen LogP contribution in [0.25, 0.3) is 10.8 Å². The lowest BCUT2D eigenvalue weighted by Crippen LogP contribution is -2.16. The fourth-order valence-corrected chi connectivity index (χ4v) is 3.44. The number of fused-ring (bicyclic) bond motifs is 3. The summed E-state index contributed by atoms with van der Waals surface area (Å²) in [6.45, 7) is 13.7. The molecule has 1 nitrogen and oxygen atoms in total. The molecule has 1 heterocycles. The molecule has 1 aromatic carbocycles. The van der Waals surface area contributed by atoms with E-state index in [1.807, 2.05) is 0 Å². The molecule has 0 saturated carbocycles. The summed E-state index contributed by atoms with van der Waals surface area (Å²) in [4.78, 5) is 4.78. The SMILES string of the molecule is CC(C)(C)c1cc2c3c(cc(C(C)(C)C)c2cn1)CCC3. The van der Waals surface area contributed by atoms with Crippen LogP contribution in [0.15, 0.2) is 18.3 Å². The third-order valence-electron chi connectivity index (χ3n) is 4.67. The van der Waals surface area contributed by atoms with Crippen LogP contribution in [0.1, 0.15) is 70.3 Å². The van der Waals surface area contributed by atoms with Gasteiger partial charge in [0, 0.05) is 22.7 Å². The normalized spacial score (nSPS) is 15.5. The molecule has 0 radical (unpaired) electrons. The van der Waals surface area contributed by atoms with Crippen LogP contribution in [0.4, 0.5) is 0 Å². The van der Waals surface area contributed by atoms with E-state index in [2.05, 4.69) is 59.9 Å². The Morgan fingerprint density at radius 1 is 0.857 bits per heavy atom. The van der Waals surface area contributed by atoms with Crippen LogP contribution in [-0.4, -0.2) is 4.98 Å². The lowest BCUT2D eigenvalue weighted by molar-refractivity contribution is 0.569. The number of nitrogens with zero attached hydrogens (tertiary/aromatic N) is 1. The second-order valence-electron chi connectivity index (χ2n) is 8.53. The van der Waals surface area contributed by atoms with Gasteiger partial charge in [-0.05, 0) is 52.8 Å². The van der Waals surface area contributed by atoms with Crippen LogP contribution in [0, 0.1) is 0 Å². The van der Waals surface area contributed by atoms with Gasteiger partial charge < -0.3 is 0 Å². The molecule has 21 heavy (non-hydrogen) atoms. The Hall–Kier alpha value is -1.37. The highest BCUT2D eigenvalue weighted by Crippen LogP contribution is 2.38. The highest BCUT2D eigenvalue weighted by Gasteiger charge is 2.24. The zero-order valence-electron chi connectivity index (χ0n) is 14.3. The van der Waals surface area contributed by atoms with Crippen molar-refractivity contribution in [2.24, 2.45) is 0 Å². The number of aromatic nitrogens is 1.